The zero-order valence-corrected chi connectivity index (χ0v) is 16.9. The van der Waals surface area contributed by atoms with Gasteiger partial charge in [-0.15, -0.1) is 0 Å². The van der Waals surface area contributed by atoms with E-state index in [0.717, 1.165) is 20.0 Å². The smallest absolute Gasteiger partial charge is 0.416 e. The van der Waals surface area contributed by atoms with Crippen LogP contribution in [-0.4, -0.2) is 29.3 Å². The highest BCUT2D eigenvalue weighted by atomic mass is 35.5. The number of hydrogen-bond acceptors (Lipinski definition) is 3. The van der Waals surface area contributed by atoms with Gasteiger partial charge in [0.15, 0.2) is 0 Å². The van der Waals surface area contributed by atoms with Crippen LogP contribution in [0.3, 0.4) is 0 Å². The van der Waals surface area contributed by atoms with E-state index in [9.17, 15) is 22.4 Å². The maximum atomic E-state index is 14.8. The molecular weight excluding hydrogens is 438 g/mol. The highest BCUT2D eigenvalue weighted by molar-refractivity contribution is 6.34. The van der Waals surface area contributed by atoms with Gasteiger partial charge in [0.1, 0.15) is 17.3 Å². The fourth-order valence-electron chi connectivity index (χ4n) is 3.19. The molecule has 10 heteroatoms. The molecule has 31 heavy (non-hydrogen) atoms. The van der Waals surface area contributed by atoms with Crippen molar-refractivity contribution >= 4 is 17.5 Å². The van der Waals surface area contributed by atoms with Gasteiger partial charge < -0.3 is 10.1 Å². The molecule has 2 aromatic carbocycles. The fraction of sp³-hybridized carbons (Fsp3) is 0.238. The number of nitrogens with one attached hydrogen (secondary N) is 2. The van der Waals surface area contributed by atoms with Crippen LogP contribution in [0.15, 0.2) is 36.5 Å². The van der Waals surface area contributed by atoms with Crippen LogP contribution in [0, 0.1) is 5.82 Å². The third-order valence-electron chi connectivity index (χ3n) is 4.91. The second-order valence-corrected chi connectivity index (χ2v) is 7.53. The van der Waals surface area contributed by atoms with Gasteiger partial charge in [-0.25, -0.2) is 4.39 Å². The van der Waals surface area contributed by atoms with Crippen LogP contribution in [0.2, 0.25) is 5.02 Å². The van der Waals surface area contributed by atoms with Crippen molar-refractivity contribution in [2.45, 2.75) is 25.1 Å². The summed E-state index contributed by atoms with van der Waals surface area (Å²) in [5, 5.41) is 9.70. The van der Waals surface area contributed by atoms with E-state index in [1.54, 1.807) is 6.07 Å². The lowest BCUT2D eigenvalue weighted by molar-refractivity contribution is -0.137. The molecule has 162 valence electrons. The predicted molar refractivity (Wildman–Crippen MR) is 106 cm³/mol. The SMILES string of the molecule is COc1cc(C(F)(F)F)cc(F)c1-c1n[nH]cc1-c1ccc(Cl)c(C(=O)NC2CC2)c1. The van der Waals surface area contributed by atoms with E-state index < -0.39 is 17.6 Å². The van der Waals surface area contributed by atoms with E-state index in [4.69, 9.17) is 16.3 Å². The standard InChI is InChI=1S/C21H16ClF4N3O2/c1-31-17-8-11(21(24,25)26)7-16(23)18(17)19-14(9-27-29-19)10-2-5-15(22)13(6-10)20(30)28-12-3-4-12/h2,5-9,12H,3-4H2,1H3,(H,27,29)(H,28,30). The Bertz CT molecular complexity index is 1160. The average molecular weight is 454 g/mol. The number of rotatable bonds is 5. The van der Waals surface area contributed by atoms with Crippen LogP contribution < -0.4 is 10.1 Å². The quantitative estimate of drug-likeness (QED) is 0.504. The number of halogens is 5. The molecule has 0 spiro atoms. The zero-order valence-electron chi connectivity index (χ0n) is 16.1. The minimum atomic E-state index is -4.74. The van der Waals surface area contributed by atoms with Crippen LogP contribution in [0.4, 0.5) is 17.6 Å². The lowest BCUT2D eigenvalue weighted by atomic mass is 9.98. The molecule has 4 rings (SSSR count). The molecule has 2 N–H and O–H groups in total. The summed E-state index contributed by atoms with van der Waals surface area (Å²) in [6, 6.07) is 5.90. The van der Waals surface area contributed by atoms with Crippen LogP contribution in [0.25, 0.3) is 22.4 Å². The highest BCUT2D eigenvalue weighted by Gasteiger charge is 2.34. The van der Waals surface area contributed by atoms with Crippen molar-refractivity contribution < 1.29 is 27.1 Å². The number of benzene rings is 2. The monoisotopic (exact) mass is 453 g/mol. The first-order valence-electron chi connectivity index (χ1n) is 9.28. The molecule has 1 aromatic heterocycles. The molecule has 3 aromatic rings. The van der Waals surface area contributed by atoms with E-state index in [2.05, 4.69) is 15.5 Å². The molecular formula is C21H16ClF4N3O2. The van der Waals surface area contributed by atoms with Crippen molar-refractivity contribution in [1.29, 1.82) is 0 Å². The Balaban J connectivity index is 1.79. The Kier molecular flexibility index (Phi) is 5.38. The molecule has 0 saturated heterocycles. The Morgan fingerprint density at radius 1 is 1.26 bits per heavy atom. The van der Waals surface area contributed by atoms with E-state index in [1.165, 1.54) is 18.3 Å². The Labute approximate surface area is 179 Å². The molecule has 1 saturated carbocycles. The summed E-state index contributed by atoms with van der Waals surface area (Å²) in [6.45, 7) is 0. The van der Waals surface area contributed by atoms with Gasteiger partial charge in [-0.05, 0) is 42.7 Å². The molecule has 1 aliphatic carbocycles. The summed E-state index contributed by atoms with van der Waals surface area (Å²) in [6.07, 6.45) is -1.47. The van der Waals surface area contributed by atoms with Crippen LogP contribution in [-0.2, 0) is 6.18 Å². The van der Waals surface area contributed by atoms with E-state index in [-0.39, 0.29) is 39.5 Å². The van der Waals surface area contributed by atoms with Gasteiger partial charge in [-0.2, -0.15) is 18.3 Å². The molecule has 1 amide bonds. The molecule has 5 nitrogen and oxygen atoms in total. The van der Waals surface area contributed by atoms with Crippen molar-refractivity contribution in [3.63, 3.8) is 0 Å². The largest absolute Gasteiger partial charge is 0.496 e. The van der Waals surface area contributed by atoms with Gasteiger partial charge in [0.05, 0.1) is 28.8 Å². The fourth-order valence-corrected chi connectivity index (χ4v) is 3.40. The molecule has 0 radical (unpaired) electrons. The second-order valence-electron chi connectivity index (χ2n) is 7.12. The van der Waals surface area contributed by atoms with Crippen molar-refractivity contribution in [1.82, 2.24) is 15.5 Å². The van der Waals surface area contributed by atoms with Crippen LogP contribution in [0.5, 0.6) is 5.75 Å². The maximum absolute atomic E-state index is 14.8. The summed E-state index contributed by atoms with van der Waals surface area (Å²) in [4.78, 5) is 12.5. The third kappa shape index (κ3) is 4.23. The topological polar surface area (TPSA) is 67.0 Å². The van der Waals surface area contributed by atoms with E-state index in [0.29, 0.717) is 23.3 Å². The summed E-state index contributed by atoms with van der Waals surface area (Å²) in [5.41, 5.74) is -0.277. The number of nitrogens with zero attached hydrogens (tertiary/aromatic N) is 1. The number of H-pyrrole nitrogens is 1. The molecule has 1 aliphatic rings. The van der Waals surface area contributed by atoms with Crippen molar-refractivity contribution in [2.75, 3.05) is 7.11 Å². The van der Waals surface area contributed by atoms with Crippen molar-refractivity contribution in [2.24, 2.45) is 0 Å². The average Bonchev–Trinajstić information content (AvgIpc) is 3.40. The lowest BCUT2D eigenvalue weighted by Gasteiger charge is -2.14. The molecule has 0 unspecified atom stereocenters. The van der Waals surface area contributed by atoms with Crippen molar-refractivity contribution in [3.8, 4) is 28.1 Å². The van der Waals surface area contributed by atoms with Gasteiger partial charge in [0, 0.05) is 17.8 Å². The number of aromatic amines is 1. The number of hydrogen-bond donors (Lipinski definition) is 2. The Morgan fingerprint density at radius 3 is 2.65 bits per heavy atom. The molecule has 1 heterocycles. The first kappa shape index (κ1) is 21.2. The highest BCUT2D eigenvalue weighted by Crippen LogP contribution is 2.42. The summed E-state index contributed by atoms with van der Waals surface area (Å²) in [5.74, 6) is -1.79. The lowest BCUT2D eigenvalue weighted by Crippen LogP contribution is -2.25. The molecule has 0 atom stereocenters. The first-order chi connectivity index (χ1) is 14.7. The number of aromatic nitrogens is 2. The maximum Gasteiger partial charge on any atom is 0.416 e. The summed E-state index contributed by atoms with van der Waals surface area (Å²) >= 11 is 6.18. The van der Waals surface area contributed by atoms with Gasteiger partial charge in [0.2, 0.25) is 0 Å². The van der Waals surface area contributed by atoms with Gasteiger partial charge in [-0.1, -0.05) is 17.7 Å². The number of alkyl halides is 3. The molecule has 0 aliphatic heterocycles. The Hall–Kier alpha value is -3.07. The number of carbonyl (C=O) groups is 1. The number of ether oxygens (including phenoxy) is 1. The van der Waals surface area contributed by atoms with Gasteiger partial charge >= 0.3 is 6.18 Å². The third-order valence-corrected chi connectivity index (χ3v) is 5.24. The molecule has 1 fully saturated rings. The number of methoxy groups -OCH3 is 1. The van der Waals surface area contributed by atoms with Crippen molar-refractivity contribution in [3.05, 3.63) is 58.5 Å². The summed E-state index contributed by atoms with van der Waals surface area (Å²) in [7, 11) is 1.15. The normalized spacial score (nSPS) is 13.9. The van der Waals surface area contributed by atoms with Crippen LogP contribution >= 0.6 is 11.6 Å². The minimum Gasteiger partial charge on any atom is -0.496 e. The Morgan fingerprint density at radius 2 is 2.00 bits per heavy atom. The van der Waals surface area contributed by atoms with E-state index in [1.807, 2.05) is 0 Å². The first-order valence-corrected chi connectivity index (χ1v) is 9.66. The van der Waals surface area contributed by atoms with Gasteiger partial charge in [0.25, 0.3) is 5.91 Å². The van der Waals surface area contributed by atoms with E-state index >= 15 is 0 Å². The molecule has 0 bridgehead atoms. The summed E-state index contributed by atoms with van der Waals surface area (Å²) < 4.78 is 59.0. The minimum absolute atomic E-state index is 0.0407. The number of amides is 1. The predicted octanol–water partition coefficient (Wildman–Crippen LogP) is 5.46. The second kappa shape index (κ2) is 7.88. The number of carbonyl (C=O) groups excluding carboxylic acids is 1. The van der Waals surface area contributed by atoms with Crippen LogP contribution in [0.1, 0.15) is 28.8 Å². The zero-order chi connectivity index (χ0) is 22.3. The van der Waals surface area contributed by atoms with Gasteiger partial charge in [-0.3, -0.25) is 9.89 Å².